The molecule has 6 atom stereocenters. The van der Waals surface area contributed by atoms with Gasteiger partial charge in [-0.15, -0.1) is 0 Å². The van der Waals surface area contributed by atoms with Gasteiger partial charge in [-0.25, -0.2) is 27.2 Å². The van der Waals surface area contributed by atoms with Crippen molar-refractivity contribution in [1.29, 1.82) is 0 Å². The van der Waals surface area contributed by atoms with E-state index >= 15 is 8.78 Å². The Kier molecular flexibility index (Phi) is 10.1. The van der Waals surface area contributed by atoms with E-state index in [1.54, 1.807) is 24.8 Å². The Bertz CT molecular complexity index is 1420. The van der Waals surface area contributed by atoms with Gasteiger partial charge in [-0.3, -0.25) is 4.79 Å². The molecule has 3 heterocycles. The molecule has 246 valence electrons. The van der Waals surface area contributed by atoms with Crippen LogP contribution in [-0.4, -0.2) is 88.2 Å². The molecular weight excluding hydrogens is 590 g/mol. The number of allylic oxidation sites excluding steroid dienone is 4. The largest absolute Gasteiger partial charge is 0.376 e. The number of carbonyl (C=O) groups is 1. The Balaban J connectivity index is 1.66. The third-order valence-electron chi connectivity index (χ3n) is 9.41. The molecule has 12 heteroatoms. The number of rotatable bonds is 11. The van der Waals surface area contributed by atoms with Gasteiger partial charge in [0.15, 0.2) is 11.6 Å². The molecular formula is C33H43F4N5O3. The van der Waals surface area contributed by atoms with Crippen LogP contribution < -0.4 is 0 Å². The maximum absolute atomic E-state index is 15.4. The van der Waals surface area contributed by atoms with Crippen LogP contribution in [0.3, 0.4) is 0 Å². The third kappa shape index (κ3) is 7.18. The Hall–Kier alpha value is -3.09. The molecule has 2 fully saturated rings. The zero-order valence-electron chi connectivity index (χ0n) is 26.6. The minimum Gasteiger partial charge on any atom is -0.376 e. The van der Waals surface area contributed by atoms with Crippen LogP contribution in [-0.2, 0) is 20.8 Å². The molecule has 8 nitrogen and oxygen atoms in total. The molecule has 2 aromatic rings. The normalized spacial score (nSPS) is 26.3. The number of benzene rings is 1. The van der Waals surface area contributed by atoms with Crippen LogP contribution in [0.15, 0.2) is 42.3 Å². The summed E-state index contributed by atoms with van der Waals surface area (Å²) in [5.41, 5.74) is -1.26. The van der Waals surface area contributed by atoms with Crippen LogP contribution >= 0.6 is 0 Å². The smallest absolute Gasteiger partial charge is 0.252 e. The van der Waals surface area contributed by atoms with E-state index in [4.69, 9.17) is 14.5 Å². The zero-order chi connectivity index (χ0) is 32.5. The fourth-order valence-electron chi connectivity index (χ4n) is 6.51. The molecule has 5 rings (SSSR count). The standard InChI is InChI=1S/C33H43F4N5O3/c1-6-40-16-22(27(37)19-40)17-41(32(43)28-8-7-13-45-28)29(33(3,4)44-5)31-38-30(25-15-24(35)11-12-26(25)36)39-42(31)18-21-14-23(34)10-9-20(21)2/h9-12,14-15,20-22,27-29H,6-8,13,16-19H2,1-5H3/t20?,21?,22-,27-,28-,29-/m0/s1. The van der Waals surface area contributed by atoms with Crippen molar-refractivity contribution in [3.8, 4) is 11.4 Å². The predicted octanol–water partition coefficient (Wildman–Crippen LogP) is 5.66. The molecule has 2 aliphatic heterocycles. The molecule has 3 aliphatic rings. The van der Waals surface area contributed by atoms with E-state index in [0.29, 0.717) is 32.5 Å². The van der Waals surface area contributed by atoms with Crippen LogP contribution in [0, 0.1) is 29.4 Å². The van der Waals surface area contributed by atoms with E-state index in [9.17, 15) is 13.6 Å². The minimum absolute atomic E-state index is 0.0570. The lowest BCUT2D eigenvalue weighted by Crippen LogP contribution is -2.53. The van der Waals surface area contributed by atoms with E-state index in [2.05, 4.69) is 5.10 Å². The number of nitrogens with zero attached hydrogens (tertiary/aromatic N) is 5. The molecule has 1 aromatic heterocycles. The van der Waals surface area contributed by atoms with Crippen molar-refractivity contribution in [3.63, 3.8) is 0 Å². The monoisotopic (exact) mass is 633 g/mol. The molecule has 0 bridgehead atoms. The number of hydrogen-bond donors (Lipinski definition) is 0. The number of methoxy groups -OCH3 is 1. The Morgan fingerprint density at radius 2 is 2.02 bits per heavy atom. The lowest BCUT2D eigenvalue weighted by molar-refractivity contribution is -0.153. The summed E-state index contributed by atoms with van der Waals surface area (Å²) in [6.45, 7) is 9.54. The van der Waals surface area contributed by atoms with Crippen LogP contribution in [0.2, 0.25) is 0 Å². The Morgan fingerprint density at radius 1 is 1.24 bits per heavy atom. The molecule has 1 aromatic carbocycles. The second-order valence-corrected chi connectivity index (χ2v) is 12.9. The molecule has 1 aliphatic carbocycles. The van der Waals surface area contributed by atoms with Crippen molar-refractivity contribution >= 4 is 5.91 Å². The number of hydrogen-bond acceptors (Lipinski definition) is 6. The van der Waals surface area contributed by atoms with Crippen molar-refractivity contribution in [2.75, 3.05) is 39.9 Å². The zero-order valence-corrected chi connectivity index (χ0v) is 26.6. The number of amides is 1. The number of halogens is 4. The van der Waals surface area contributed by atoms with Crippen molar-refractivity contribution in [2.24, 2.45) is 17.8 Å². The summed E-state index contributed by atoms with van der Waals surface area (Å²) >= 11 is 0. The van der Waals surface area contributed by atoms with Crippen molar-refractivity contribution in [1.82, 2.24) is 24.6 Å². The topological polar surface area (TPSA) is 72.7 Å². The molecule has 45 heavy (non-hydrogen) atoms. The van der Waals surface area contributed by atoms with Crippen LogP contribution in [0.1, 0.15) is 52.4 Å². The first kappa shape index (κ1) is 33.3. The van der Waals surface area contributed by atoms with Gasteiger partial charge in [0.05, 0.1) is 17.7 Å². The van der Waals surface area contributed by atoms with Crippen molar-refractivity contribution in [2.45, 2.75) is 71.0 Å². The van der Waals surface area contributed by atoms with Gasteiger partial charge in [-0.05, 0) is 69.5 Å². The molecule has 0 saturated carbocycles. The van der Waals surface area contributed by atoms with Crippen molar-refractivity contribution < 1.29 is 31.8 Å². The van der Waals surface area contributed by atoms with Gasteiger partial charge in [-0.2, -0.15) is 5.10 Å². The van der Waals surface area contributed by atoms with E-state index in [1.165, 1.54) is 23.9 Å². The summed E-state index contributed by atoms with van der Waals surface area (Å²) in [6, 6.07) is 2.08. The first-order valence-electron chi connectivity index (χ1n) is 15.7. The summed E-state index contributed by atoms with van der Waals surface area (Å²) in [7, 11) is 1.51. The second kappa shape index (κ2) is 13.7. The average Bonchev–Trinajstić information content (AvgIpc) is 3.77. The molecule has 0 radical (unpaired) electrons. The summed E-state index contributed by atoms with van der Waals surface area (Å²) in [4.78, 5) is 22.7. The first-order valence-corrected chi connectivity index (χ1v) is 15.7. The Labute approximate surface area is 262 Å². The molecule has 0 N–H and O–H groups in total. The van der Waals surface area contributed by atoms with E-state index < -0.39 is 47.3 Å². The number of ether oxygens (including phenoxy) is 2. The fourth-order valence-corrected chi connectivity index (χ4v) is 6.51. The molecule has 1 amide bonds. The summed E-state index contributed by atoms with van der Waals surface area (Å²) in [5.74, 6) is -2.86. The lowest BCUT2D eigenvalue weighted by Gasteiger charge is -2.42. The van der Waals surface area contributed by atoms with E-state index in [-0.39, 0.29) is 54.6 Å². The average molecular weight is 634 g/mol. The summed E-state index contributed by atoms with van der Waals surface area (Å²) in [6.07, 6.45) is 4.01. The number of carbonyl (C=O) groups excluding carboxylic acids is 1. The van der Waals surface area contributed by atoms with Crippen LogP contribution in [0.5, 0.6) is 0 Å². The molecule has 0 spiro atoms. The van der Waals surface area contributed by atoms with Crippen molar-refractivity contribution in [3.05, 3.63) is 59.7 Å². The SMILES string of the molecule is CCN1C[C@@H](CN(C(=O)[C@@H]2CCCO2)[C@@H](c2nc(-c3cc(F)ccc3F)nn2CC2C=C(F)C=CC2C)C(C)(C)OC)[C@@H](F)C1. The minimum atomic E-state index is -1.16. The number of aromatic nitrogens is 3. The van der Waals surface area contributed by atoms with Gasteiger partial charge < -0.3 is 19.3 Å². The van der Waals surface area contributed by atoms with Gasteiger partial charge in [-0.1, -0.05) is 19.9 Å². The lowest BCUT2D eigenvalue weighted by atomic mass is 9.89. The summed E-state index contributed by atoms with van der Waals surface area (Å²) < 4.78 is 72.6. The second-order valence-electron chi connectivity index (χ2n) is 12.9. The number of likely N-dealkylation sites (tertiary alicyclic amines) is 1. The summed E-state index contributed by atoms with van der Waals surface area (Å²) in [5, 5.41) is 4.63. The maximum atomic E-state index is 15.4. The molecule has 2 unspecified atom stereocenters. The van der Waals surface area contributed by atoms with Gasteiger partial charge in [0.25, 0.3) is 5.91 Å². The highest BCUT2D eigenvalue weighted by atomic mass is 19.1. The van der Waals surface area contributed by atoms with Gasteiger partial charge in [0.1, 0.15) is 35.8 Å². The quantitative estimate of drug-likeness (QED) is 0.298. The van der Waals surface area contributed by atoms with Crippen LogP contribution in [0.25, 0.3) is 11.4 Å². The molecule has 2 saturated heterocycles. The number of alkyl halides is 1. The van der Waals surface area contributed by atoms with Gasteiger partial charge >= 0.3 is 0 Å². The van der Waals surface area contributed by atoms with E-state index in [1.807, 2.05) is 18.7 Å². The van der Waals surface area contributed by atoms with Gasteiger partial charge in [0.2, 0.25) is 0 Å². The van der Waals surface area contributed by atoms with Crippen LogP contribution in [0.4, 0.5) is 17.6 Å². The third-order valence-corrected chi connectivity index (χ3v) is 9.41. The first-order chi connectivity index (χ1) is 21.4. The highest BCUT2D eigenvalue weighted by Crippen LogP contribution is 2.39. The Morgan fingerprint density at radius 3 is 2.69 bits per heavy atom. The highest BCUT2D eigenvalue weighted by Gasteiger charge is 2.47. The fraction of sp³-hybridized carbons (Fsp3) is 0.606. The maximum Gasteiger partial charge on any atom is 0.252 e. The van der Waals surface area contributed by atoms with Gasteiger partial charge in [0, 0.05) is 45.2 Å². The van der Waals surface area contributed by atoms with E-state index in [0.717, 1.165) is 18.2 Å². The highest BCUT2D eigenvalue weighted by molar-refractivity contribution is 5.81. The predicted molar refractivity (Wildman–Crippen MR) is 161 cm³/mol.